The molecule has 1 saturated heterocycles. The number of benzene rings is 1. The van der Waals surface area contributed by atoms with Crippen LogP contribution < -0.4 is 0 Å². The van der Waals surface area contributed by atoms with Gasteiger partial charge in [0.25, 0.3) is 0 Å². The molecule has 2 heterocycles. The minimum Gasteiger partial charge on any atom is -0.459 e. The number of hydrogen-bond donors (Lipinski definition) is 0. The minimum atomic E-state index is -0.763. The number of ether oxygens (including phenoxy) is 1. The van der Waals surface area contributed by atoms with Gasteiger partial charge in [0.1, 0.15) is 0 Å². The van der Waals surface area contributed by atoms with Crippen LogP contribution in [0, 0.1) is 5.92 Å². The van der Waals surface area contributed by atoms with Crippen LogP contribution in [0.3, 0.4) is 0 Å². The van der Waals surface area contributed by atoms with Crippen molar-refractivity contribution in [3.63, 3.8) is 0 Å². The maximum Gasteiger partial charge on any atom is 0.397 e. The van der Waals surface area contributed by atoms with E-state index in [-0.39, 0.29) is 12.6 Å². The molecule has 0 radical (unpaired) electrons. The van der Waals surface area contributed by atoms with Gasteiger partial charge >= 0.3 is 11.9 Å². The number of fused-ring (bicyclic) bond motifs is 1. The number of carbonyl (C=O) groups excluding carboxylic acids is 2. The van der Waals surface area contributed by atoms with Crippen molar-refractivity contribution in [3.8, 4) is 0 Å². The average Bonchev–Trinajstić information content (AvgIpc) is 3.03. The van der Waals surface area contributed by atoms with E-state index in [9.17, 15) is 9.59 Å². The summed E-state index contributed by atoms with van der Waals surface area (Å²) < 4.78 is 6.87. The fourth-order valence-corrected chi connectivity index (χ4v) is 3.60. The van der Waals surface area contributed by atoms with Crippen molar-refractivity contribution in [2.75, 3.05) is 13.2 Å². The third-order valence-corrected chi connectivity index (χ3v) is 4.88. The first-order valence-corrected chi connectivity index (χ1v) is 8.98. The monoisotopic (exact) mass is 343 g/mol. The third-order valence-electron chi connectivity index (χ3n) is 4.88. The van der Waals surface area contributed by atoms with E-state index in [0.717, 1.165) is 35.9 Å². The van der Waals surface area contributed by atoms with Crippen molar-refractivity contribution in [1.29, 1.82) is 0 Å². The van der Waals surface area contributed by atoms with Crippen LogP contribution in [0.2, 0.25) is 0 Å². The number of aromatic nitrogens is 2. The van der Waals surface area contributed by atoms with Gasteiger partial charge in [-0.05, 0) is 50.3 Å². The van der Waals surface area contributed by atoms with E-state index in [0.29, 0.717) is 12.5 Å². The third kappa shape index (κ3) is 3.38. The van der Waals surface area contributed by atoms with Crippen LogP contribution in [-0.4, -0.2) is 39.7 Å². The molecule has 6 heteroatoms. The first-order valence-electron chi connectivity index (χ1n) is 8.98. The van der Waals surface area contributed by atoms with Gasteiger partial charge < -0.3 is 9.64 Å². The molecular weight excluding hydrogens is 318 g/mol. The Morgan fingerprint density at radius 3 is 2.80 bits per heavy atom. The molecule has 2 atom stereocenters. The van der Waals surface area contributed by atoms with Crippen LogP contribution >= 0.6 is 0 Å². The Balaban J connectivity index is 1.92. The van der Waals surface area contributed by atoms with Gasteiger partial charge in [-0.1, -0.05) is 13.0 Å². The molecule has 0 saturated carbocycles. The minimum absolute atomic E-state index is 0.0949. The van der Waals surface area contributed by atoms with Crippen LogP contribution in [0.1, 0.15) is 45.2 Å². The zero-order valence-corrected chi connectivity index (χ0v) is 15.1. The first-order chi connectivity index (χ1) is 12.0. The zero-order valence-electron chi connectivity index (χ0n) is 15.1. The molecule has 3 rings (SSSR count). The van der Waals surface area contributed by atoms with Crippen LogP contribution in [0.5, 0.6) is 0 Å². The molecule has 0 spiro atoms. The van der Waals surface area contributed by atoms with Gasteiger partial charge in [-0.2, -0.15) is 5.10 Å². The van der Waals surface area contributed by atoms with Crippen molar-refractivity contribution in [1.82, 2.24) is 14.7 Å². The summed E-state index contributed by atoms with van der Waals surface area (Å²) in [6.07, 6.45) is 3.73. The van der Waals surface area contributed by atoms with Crippen molar-refractivity contribution in [2.45, 2.75) is 46.2 Å². The molecule has 0 aliphatic carbocycles. The predicted molar refractivity (Wildman–Crippen MR) is 94.9 cm³/mol. The van der Waals surface area contributed by atoms with Gasteiger partial charge in [-0.3, -0.25) is 9.48 Å². The molecule has 1 aliphatic heterocycles. The second-order valence-electron chi connectivity index (χ2n) is 6.65. The normalized spacial score (nSPS) is 20.7. The summed E-state index contributed by atoms with van der Waals surface area (Å²) in [5.74, 6) is -0.926. The Hall–Kier alpha value is -2.37. The molecule has 0 N–H and O–H groups in total. The predicted octanol–water partition coefficient (Wildman–Crippen LogP) is 2.92. The maximum atomic E-state index is 12.6. The molecule has 1 aliphatic rings. The number of rotatable bonds is 3. The lowest BCUT2D eigenvalue weighted by Gasteiger charge is -2.38. The molecular formula is C19H25N3O3. The van der Waals surface area contributed by atoms with Gasteiger partial charge in [0.2, 0.25) is 0 Å². The Kier molecular flexibility index (Phi) is 5.06. The summed E-state index contributed by atoms with van der Waals surface area (Å²) in [7, 11) is 0. The van der Waals surface area contributed by atoms with E-state index < -0.39 is 11.9 Å². The van der Waals surface area contributed by atoms with Crippen molar-refractivity contribution in [3.05, 3.63) is 30.0 Å². The molecule has 2 aromatic rings. The number of piperidine rings is 1. The highest BCUT2D eigenvalue weighted by molar-refractivity contribution is 6.32. The summed E-state index contributed by atoms with van der Waals surface area (Å²) in [5, 5.41) is 5.44. The topological polar surface area (TPSA) is 64.4 Å². The number of hydrogen-bond acceptors (Lipinski definition) is 4. The molecule has 2 unspecified atom stereocenters. The Bertz CT molecular complexity index is 783. The zero-order chi connectivity index (χ0) is 18.0. The molecule has 25 heavy (non-hydrogen) atoms. The summed E-state index contributed by atoms with van der Waals surface area (Å²) in [5.41, 5.74) is 2.13. The molecule has 0 bridgehead atoms. The SMILES string of the molecule is CCOC(=O)C(=O)N1CC(C)CCC1c1ccc2c(cnn2CC)c1. The highest BCUT2D eigenvalue weighted by atomic mass is 16.5. The highest BCUT2D eigenvalue weighted by Gasteiger charge is 2.35. The number of carbonyl (C=O) groups is 2. The molecule has 1 fully saturated rings. The summed E-state index contributed by atoms with van der Waals surface area (Å²) in [6, 6.07) is 6.08. The van der Waals surface area contributed by atoms with Crippen LogP contribution in [-0.2, 0) is 20.9 Å². The molecule has 134 valence electrons. The van der Waals surface area contributed by atoms with E-state index in [4.69, 9.17) is 4.74 Å². The first kappa shape index (κ1) is 17.5. The highest BCUT2D eigenvalue weighted by Crippen LogP contribution is 2.34. The van der Waals surface area contributed by atoms with Crippen LogP contribution in [0.4, 0.5) is 0 Å². The number of aryl methyl sites for hydroxylation is 1. The second kappa shape index (κ2) is 7.25. The molecule has 1 aromatic heterocycles. The number of esters is 1. The van der Waals surface area contributed by atoms with Gasteiger partial charge in [-0.25, -0.2) is 4.79 Å². The van der Waals surface area contributed by atoms with Crippen LogP contribution in [0.15, 0.2) is 24.4 Å². The summed E-state index contributed by atoms with van der Waals surface area (Å²) in [6.45, 7) is 7.48. The number of nitrogens with zero attached hydrogens (tertiary/aromatic N) is 3. The maximum absolute atomic E-state index is 12.6. The fourth-order valence-electron chi connectivity index (χ4n) is 3.60. The van der Waals surface area contributed by atoms with E-state index in [1.165, 1.54) is 0 Å². The van der Waals surface area contributed by atoms with Gasteiger partial charge in [0, 0.05) is 18.5 Å². The van der Waals surface area contributed by atoms with E-state index in [1.54, 1.807) is 11.8 Å². The summed E-state index contributed by atoms with van der Waals surface area (Å²) in [4.78, 5) is 26.2. The number of likely N-dealkylation sites (tertiary alicyclic amines) is 1. The average molecular weight is 343 g/mol. The van der Waals surface area contributed by atoms with E-state index >= 15 is 0 Å². The standard InChI is InChI=1S/C19H25N3O3/c1-4-22-17-9-7-14(10-15(17)11-20-22)16-8-6-13(3)12-21(16)18(23)19(24)25-5-2/h7,9-11,13,16H,4-6,8,12H2,1-3H3. The van der Waals surface area contributed by atoms with Crippen molar-refractivity contribution >= 4 is 22.8 Å². The largest absolute Gasteiger partial charge is 0.459 e. The Morgan fingerprint density at radius 2 is 2.08 bits per heavy atom. The smallest absolute Gasteiger partial charge is 0.397 e. The quantitative estimate of drug-likeness (QED) is 0.635. The molecule has 1 amide bonds. The van der Waals surface area contributed by atoms with Gasteiger partial charge in [0.15, 0.2) is 0 Å². The number of amides is 1. The lowest BCUT2D eigenvalue weighted by molar-refractivity contribution is -0.162. The Morgan fingerprint density at radius 1 is 1.28 bits per heavy atom. The lowest BCUT2D eigenvalue weighted by atomic mass is 9.89. The van der Waals surface area contributed by atoms with Gasteiger partial charge in [0.05, 0.1) is 24.4 Å². The fraction of sp³-hybridized carbons (Fsp3) is 0.526. The van der Waals surface area contributed by atoms with Crippen molar-refractivity contribution < 1.29 is 14.3 Å². The van der Waals surface area contributed by atoms with Gasteiger partial charge in [-0.15, -0.1) is 0 Å². The molecule has 6 nitrogen and oxygen atoms in total. The van der Waals surface area contributed by atoms with E-state index in [1.807, 2.05) is 23.0 Å². The Labute approximate surface area is 147 Å². The lowest BCUT2D eigenvalue weighted by Crippen LogP contribution is -2.45. The van der Waals surface area contributed by atoms with E-state index in [2.05, 4.69) is 25.0 Å². The summed E-state index contributed by atoms with van der Waals surface area (Å²) >= 11 is 0. The van der Waals surface area contributed by atoms with Crippen LogP contribution in [0.25, 0.3) is 10.9 Å². The van der Waals surface area contributed by atoms with Crippen molar-refractivity contribution in [2.24, 2.45) is 5.92 Å². The second-order valence-corrected chi connectivity index (χ2v) is 6.65. The molecule has 1 aromatic carbocycles.